The molecular weight excluding hydrogens is 999 g/mol. The molecule has 0 fully saturated rings. The first kappa shape index (κ1) is 57.2. The number of nitrogens with two attached hydrogens (primary N) is 1. The SMILES string of the molecule is C=O.COc1ccc(Oc2cc(NC(=O)c3ccc(C)cc3)c(O)cc2NC(C)S(=O)(=O)c2ccc(C)cc2)cc1.Cc1cccc(S(=O)(=O)C(Nc2ccc(NC(=O)c3ccc(C(N)=O)cc3)c(O)c2)C(C)C)c1. The summed E-state index contributed by atoms with van der Waals surface area (Å²) >= 11 is 0. The fraction of sp³-hybridized carbons (Fsp3) is 0.179. The maximum Gasteiger partial charge on any atom is 0.255 e. The highest BCUT2D eigenvalue weighted by molar-refractivity contribution is 7.92. The highest BCUT2D eigenvalue weighted by atomic mass is 32.2. The molecule has 0 saturated heterocycles. The predicted octanol–water partition coefficient (Wildman–Crippen LogP) is 10.0. The van der Waals surface area contributed by atoms with E-state index < -0.39 is 48.1 Å². The van der Waals surface area contributed by atoms with Crippen molar-refractivity contribution in [3.05, 3.63) is 185 Å². The number of methoxy groups -OCH3 is 1. The number of primary amides is 1. The number of hydrogen-bond donors (Lipinski definition) is 7. The number of carbonyl (C=O) groups excluding carboxylic acids is 4. The molecule has 392 valence electrons. The number of amides is 3. The van der Waals surface area contributed by atoms with Gasteiger partial charge in [-0.3, -0.25) is 14.4 Å². The summed E-state index contributed by atoms with van der Waals surface area (Å²) in [6.45, 7) is 12.7. The van der Waals surface area contributed by atoms with Crippen molar-refractivity contribution in [1.82, 2.24) is 0 Å². The van der Waals surface area contributed by atoms with Gasteiger partial charge in [-0.25, -0.2) is 16.8 Å². The normalized spacial score (nSPS) is 11.8. The molecule has 2 unspecified atom stereocenters. The summed E-state index contributed by atoms with van der Waals surface area (Å²) in [5.41, 5.74) is 9.81. The minimum atomic E-state index is -3.77. The van der Waals surface area contributed by atoms with Crippen LogP contribution in [0.15, 0.2) is 161 Å². The van der Waals surface area contributed by atoms with Crippen molar-refractivity contribution in [2.24, 2.45) is 11.7 Å². The summed E-state index contributed by atoms with van der Waals surface area (Å²) in [7, 11) is -5.92. The zero-order valence-electron chi connectivity index (χ0n) is 42.2. The van der Waals surface area contributed by atoms with Gasteiger partial charge in [-0.15, -0.1) is 0 Å². The topological polar surface area (TPSA) is 270 Å². The minimum absolute atomic E-state index is 0.101. The minimum Gasteiger partial charge on any atom is -0.506 e. The van der Waals surface area contributed by atoms with Crippen molar-refractivity contribution < 1.29 is 55.7 Å². The van der Waals surface area contributed by atoms with Gasteiger partial charge in [0, 0.05) is 40.6 Å². The standard InChI is InChI=1S/C30H30N2O6S.C25H27N3O5S.CH2O/c1-19-5-9-22(10-6-19)30(34)32-26-18-29(38-24-13-11-23(37-4)12-14-24)27(17-28(26)33)31-21(3)39(35,36)25-15-7-20(2)8-16-25;1-15(2)25(34(32,33)20-6-4-5-16(3)13-20)27-19-11-12-21(22(29)14-19)28-24(31)18-9-7-17(8-10-18)23(26)30;1-2/h5-18,21,31,33H,1-4H3,(H,32,34);4-15,25,27,29H,1-3H3,(H2,26,30)(H,28,31);1H2. The molecule has 0 aliphatic carbocycles. The van der Waals surface area contributed by atoms with Gasteiger partial charge in [-0.1, -0.05) is 61.4 Å². The summed E-state index contributed by atoms with van der Waals surface area (Å²) in [6, 6.07) is 40.0. The van der Waals surface area contributed by atoms with Gasteiger partial charge in [0.2, 0.25) is 5.91 Å². The van der Waals surface area contributed by atoms with Crippen molar-refractivity contribution in [1.29, 1.82) is 0 Å². The summed E-state index contributed by atoms with van der Waals surface area (Å²) in [5.74, 6) is -1.01. The molecule has 8 N–H and O–H groups in total. The molecule has 0 heterocycles. The van der Waals surface area contributed by atoms with Gasteiger partial charge in [-0.2, -0.15) is 0 Å². The van der Waals surface area contributed by atoms with Crippen molar-refractivity contribution in [2.75, 3.05) is 28.4 Å². The molecule has 0 aromatic heterocycles. The average molecular weight is 1060 g/mol. The Bertz CT molecular complexity index is 3350. The third-order valence-corrected chi connectivity index (χ3v) is 15.6. The molecule has 19 heteroatoms. The average Bonchev–Trinajstić information content (AvgIpc) is 3.38. The maximum absolute atomic E-state index is 13.2. The number of hydrogen-bond acceptors (Lipinski definition) is 14. The molecule has 0 aliphatic heterocycles. The second kappa shape index (κ2) is 25.3. The van der Waals surface area contributed by atoms with Crippen molar-refractivity contribution in [3.63, 3.8) is 0 Å². The molecule has 0 spiro atoms. The van der Waals surface area contributed by atoms with Gasteiger partial charge in [0.25, 0.3) is 11.8 Å². The number of aromatic hydroxyl groups is 2. The monoisotopic (exact) mass is 1060 g/mol. The second-order valence-corrected chi connectivity index (χ2v) is 21.7. The lowest BCUT2D eigenvalue weighted by Gasteiger charge is -2.24. The van der Waals surface area contributed by atoms with Gasteiger partial charge in [0.1, 0.15) is 40.5 Å². The van der Waals surface area contributed by atoms with Crippen LogP contribution < -0.4 is 36.5 Å². The molecule has 75 heavy (non-hydrogen) atoms. The van der Waals surface area contributed by atoms with Crippen LogP contribution in [0.25, 0.3) is 0 Å². The van der Waals surface area contributed by atoms with E-state index in [9.17, 15) is 41.4 Å². The van der Waals surface area contributed by atoms with E-state index in [1.165, 1.54) is 55.5 Å². The van der Waals surface area contributed by atoms with Crippen LogP contribution in [-0.2, 0) is 24.5 Å². The summed E-state index contributed by atoms with van der Waals surface area (Å²) in [6.07, 6.45) is 0. The first-order valence-electron chi connectivity index (χ1n) is 23.1. The van der Waals surface area contributed by atoms with Crippen molar-refractivity contribution >= 4 is 66.9 Å². The van der Waals surface area contributed by atoms with Gasteiger partial charge in [0.15, 0.2) is 25.4 Å². The van der Waals surface area contributed by atoms with Gasteiger partial charge < -0.3 is 51.5 Å². The van der Waals surface area contributed by atoms with E-state index in [1.54, 1.807) is 106 Å². The Morgan fingerprint density at radius 2 is 1.07 bits per heavy atom. The van der Waals surface area contributed by atoms with Gasteiger partial charge in [-0.05, 0) is 136 Å². The number of aryl methyl sites for hydroxylation is 3. The first-order valence-corrected chi connectivity index (χ1v) is 26.2. The van der Waals surface area contributed by atoms with Crippen LogP contribution >= 0.6 is 0 Å². The molecule has 0 saturated carbocycles. The third kappa shape index (κ3) is 15.0. The Balaban J connectivity index is 0.000000271. The number of nitrogens with one attached hydrogen (secondary N) is 4. The number of benzene rings is 7. The summed E-state index contributed by atoms with van der Waals surface area (Å²) < 4.78 is 64.2. The van der Waals surface area contributed by atoms with Crippen LogP contribution in [0.4, 0.5) is 22.7 Å². The number of sulfone groups is 2. The summed E-state index contributed by atoms with van der Waals surface area (Å²) in [5, 5.41) is 30.5. The number of phenolic OH excluding ortho intramolecular Hbond substituents is 2. The number of carbonyl (C=O) groups is 4. The highest BCUT2D eigenvalue weighted by Gasteiger charge is 2.31. The smallest absolute Gasteiger partial charge is 0.255 e. The molecule has 7 aromatic rings. The zero-order chi connectivity index (χ0) is 55.2. The lowest BCUT2D eigenvalue weighted by molar-refractivity contribution is -0.0980. The summed E-state index contributed by atoms with van der Waals surface area (Å²) in [4.78, 5) is 44.9. The van der Waals surface area contributed by atoms with Crippen LogP contribution in [0.5, 0.6) is 28.7 Å². The number of rotatable bonds is 17. The predicted molar refractivity (Wildman–Crippen MR) is 291 cm³/mol. The Labute approximate surface area is 436 Å². The Hall–Kier alpha value is -8.68. The van der Waals surface area contributed by atoms with Crippen molar-refractivity contribution in [3.8, 4) is 28.7 Å². The quantitative estimate of drug-likeness (QED) is 0.0418. The van der Waals surface area contributed by atoms with E-state index >= 15 is 0 Å². The lowest BCUT2D eigenvalue weighted by atomic mass is 10.1. The largest absolute Gasteiger partial charge is 0.506 e. The Morgan fingerprint density at radius 3 is 1.60 bits per heavy atom. The number of anilines is 4. The Morgan fingerprint density at radius 1 is 0.547 bits per heavy atom. The van der Waals surface area contributed by atoms with Crippen LogP contribution in [0, 0.1) is 26.7 Å². The van der Waals surface area contributed by atoms with Gasteiger partial charge >= 0.3 is 0 Å². The molecule has 7 aromatic carbocycles. The maximum atomic E-state index is 13.2. The van der Waals surface area contributed by atoms with Crippen molar-refractivity contribution in [2.45, 2.75) is 62.1 Å². The van der Waals surface area contributed by atoms with Gasteiger partial charge in [0.05, 0.1) is 34.0 Å². The lowest BCUT2D eigenvalue weighted by Crippen LogP contribution is -2.34. The molecule has 0 bridgehead atoms. The van der Waals surface area contributed by atoms with E-state index in [2.05, 4.69) is 21.3 Å². The van der Waals surface area contributed by atoms with E-state index in [4.69, 9.17) is 20.0 Å². The van der Waals surface area contributed by atoms with Crippen LogP contribution in [0.1, 0.15) is 68.5 Å². The molecule has 0 radical (unpaired) electrons. The number of ether oxygens (including phenoxy) is 2. The van der Waals surface area contributed by atoms with E-state index in [0.717, 1.165) is 16.7 Å². The fourth-order valence-corrected chi connectivity index (χ4v) is 10.3. The highest BCUT2D eigenvalue weighted by Crippen LogP contribution is 2.40. The number of phenols is 2. The second-order valence-electron chi connectivity index (χ2n) is 17.4. The van der Waals surface area contributed by atoms with E-state index in [1.807, 2.05) is 45.8 Å². The Kier molecular flexibility index (Phi) is 19.3. The van der Waals surface area contributed by atoms with E-state index in [0.29, 0.717) is 22.7 Å². The first-order chi connectivity index (χ1) is 35.5. The van der Waals surface area contributed by atoms with Crippen LogP contribution in [0.3, 0.4) is 0 Å². The van der Waals surface area contributed by atoms with E-state index in [-0.39, 0.29) is 61.1 Å². The third-order valence-electron chi connectivity index (χ3n) is 11.4. The molecule has 7 rings (SSSR count). The zero-order valence-corrected chi connectivity index (χ0v) is 43.9. The fourth-order valence-electron chi connectivity index (χ4n) is 7.18. The molecular formula is C56H59N5O12S2. The molecule has 2 atom stereocenters. The molecule has 0 aliphatic rings. The van der Waals surface area contributed by atoms with Crippen LogP contribution in [0.2, 0.25) is 0 Å². The van der Waals surface area contributed by atoms with Crippen LogP contribution in [-0.4, -0.2) is 69.4 Å². The molecule has 17 nitrogen and oxygen atoms in total. The molecule has 3 amide bonds.